The summed E-state index contributed by atoms with van der Waals surface area (Å²) in [6.45, 7) is 0.670. The maximum atomic E-state index is 12.3. The number of nitrogens with zero attached hydrogens (tertiary/aromatic N) is 2. The zero-order chi connectivity index (χ0) is 18.1. The highest BCUT2D eigenvalue weighted by Crippen LogP contribution is 2.25. The summed E-state index contributed by atoms with van der Waals surface area (Å²) >= 11 is 0. The molecule has 2 aromatic rings. The van der Waals surface area contributed by atoms with E-state index in [9.17, 15) is 9.59 Å². The molecule has 2 aliphatic rings. The Morgan fingerprint density at radius 3 is 2.85 bits per heavy atom. The van der Waals surface area contributed by atoms with Gasteiger partial charge in [0.05, 0.1) is 0 Å². The molecular weight excluding hydrogens is 330 g/mol. The third-order valence-corrected chi connectivity index (χ3v) is 4.80. The number of nitrogens with two attached hydrogens (primary N) is 1. The predicted molar refractivity (Wildman–Crippen MR) is 98.2 cm³/mol. The number of ether oxygens (including phenoxy) is 1. The van der Waals surface area contributed by atoms with Crippen molar-refractivity contribution in [3.8, 4) is 0 Å². The molecule has 6 heteroatoms. The zero-order valence-corrected chi connectivity index (χ0v) is 14.2. The van der Waals surface area contributed by atoms with Gasteiger partial charge in [0, 0.05) is 18.3 Å². The van der Waals surface area contributed by atoms with Crippen molar-refractivity contribution >= 4 is 28.5 Å². The van der Waals surface area contributed by atoms with Gasteiger partial charge < -0.3 is 15.4 Å². The van der Waals surface area contributed by atoms with Gasteiger partial charge in [0.2, 0.25) is 11.8 Å². The summed E-state index contributed by atoms with van der Waals surface area (Å²) in [5, 5.41) is 2.02. The summed E-state index contributed by atoms with van der Waals surface area (Å²) in [7, 11) is 0. The van der Waals surface area contributed by atoms with Crippen LogP contribution in [-0.2, 0) is 14.3 Å². The molecule has 0 bridgehead atoms. The van der Waals surface area contributed by atoms with Crippen molar-refractivity contribution in [2.75, 3.05) is 6.54 Å². The molecule has 0 spiro atoms. The lowest BCUT2D eigenvalue weighted by molar-refractivity contribution is -0.130. The molecule has 1 unspecified atom stereocenters. The van der Waals surface area contributed by atoms with Crippen molar-refractivity contribution in [1.29, 1.82) is 0 Å². The Hall–Kier alpha value is -3.15. The van der Waals surface area contributed by atoms with Crippen LogP contribution in [0.5, 0.6) is 0 Å². The third kappa shape index (κ3) is 2.94. The second-order valence-corrected chi connectivity index (χ2v) is 6.50. The molecule has 1 atom stereocenters. The van der Waals surface area contributed by atoms with Crippen molar-refractivity contribution in [1.82, 2.24) is 4.90 Å². The number of hydrogen-bond acceptors (Lipinski definition) is 5. The molecule has 2 N–H and O–H groups in total. The number of carbonyl (C=O) groups is 2. The Balaban J connectivity index is 1.70. The summed E-state index contributed by atoms with van der Waals surface area (Å²) < 4.78 is 5.41. The standard InChI is InChI=1S/C20H19N3O3/c21-18(24)17-10-3-4-11-23(17)12-16-20(25)26-19(22-16)15-9-5-7-13-6-1-2-8-14(13)15/h1-2,5-9,12,17H,3-4,10-11H2,(H2,21,24). The van der Waals surface area contributed by atoms with Crippen LogP contribution in [0, 0.1) is 0 Å². The van der Waals surface area contributed by atoms with Crippen LogP contribution in [0.25, 0.3) is 10.8 Å². The first kappa shape index (κ1) is 16.3. The van der Waals surface area contributed by atoms with Crippen LogP contribution in [0.2, 0.25) is 0 Å². The smallest absolute Gasteiger partial charge is 0.365 e. The Labute approximate surface area is 150 Å². The van der Waals surface area contributed by atoms with Crippen molar-refractivity contribution in [3.05, 3.63) is 59.9 Å². The van der Waals surface area contributed by atoms with Crippen LogP contribution in [0.3, 0.4) is 0 Å². The van der Waals surface area contributed by atoms with Crippen LogP contribution < -0.4 is 5.73 Å². The number of primary amides is 1. The van der Waals surface area contributed by atoms with E-state index in [-0.39, 0.29) is 17.5 Å². The number of aliphatic imine (C=N–C) groups is 1. The van der Waals surface area contributed by atoms with Crippen molar-refractivity contribution < 1.29 is 14.3 Å². The number of benzene rings is 2. The van der Waals surface area contributed by atoms with E-state index in [4.69, 9.17) is 10.5 Å². The first-order chi connectivity index (χ1) is 12.6. The summed E-state index contributed by atoms with van der Waals surface area (Å²) in [6, 6.07) is 13.2. The van der Waals surface area contributed by atoms with E-state index in [0.717, 1.165) is 29.2 Å². The number of carbonyl (C=O) groups excluding carboxylic acids is 2. The molecule has 0 aromatic heterocycles. The number of amides is 1. The average molecular weight is 349 g/mol. The zero-order valence-electron chi connectivity index (χ0n) is 14.2. The van der Waals surface area contributed by atoms with Gasteiger partial charge in [0.15, 0.2) is 5.70 Å². The normalized spacial score (nSPS) is 21.8. The molecule has 6 nitrogen and oxygen atoms in total. The summed E-state index contributed by atoms with van der Waals surface area (Å²) in [6.07, 6.45) is 4.19. The van der Waals surface area contributed by atoms with Crippen molar-refractivity contribution in [2.45, 2.75) is 25.3 Å². The Bertz CT molecular complexity index is 943. The monoisotopic (exact) mass is 349 g/mol. The number of cyclic esters (lactones) is 1. The molecule has 132 valence electrons. The summed E-state index contributed by atoms with van der Waals surface area (Å²) in [5.74, 6) is -0.612. The third-order valence-electron chi connectivity index (χ3n) is 4.80. The van der Waals surface area contributed by atoms with E-state index in [1.165, 1.54) is 0 Å². The van der Waals surface area contributed by atoms with Gasteiger partial charge in [-0.3, -0.25) is 4.79 Å². The number of esters is 1. The quantitative estimate of drug-likeness (QED) is 0.681. The van der Waals surface area contributed by atoms with E-state index >= 15 is 0 Å². The fourth-order valence-corrected chi connectivity index (χ4v) is 3.50. The fraction of sp³-hybridized carbons (Fsp3) is 0.250. The highest BCUT2D eigenvalue weighted by atomic mass is 16.6. The fourth-order valence-electron chi connectivity index (χ4n) is 3.50. The number of rotatable bonds is 3. The largest absolute Gasteiger partial charge is 0.402 e. The maximum absolute atomic E-state index is 12.3. The second-order valence-electron chi connectivity index (χ2n) is 6.50. The topological polar surface area (TPSA) is 85.0 Å². The van der Waals surface area contributed by atoms with Gasteiger partial charge in [-0.05, 0) is 36.1 Å². The minimum absolute atomic E-state index is 0.195. The van der Waals surface area contributed by atoms with Gasteiger partial charge in [-0.1, -0.05) is 36.4 Å². The van der Waals surface area contributed by atoms with E-state index in [1.54, 1.807) is 11.1 Å². The van der Waals surface area contributed by atoms with E-state index in [1.807, 2.05) is 42.5 Å². The second kappa shape index (κ2) is 6.63. The predicted octanol–water partition coefficient (Wildman–Crippen LogP) is 2.32. The number of piperidine rings is 1. The minimum atomic E-state index is -0.512. The van der Waals surface area contributed by atoms with E-state index < -0.39 is 12.0 Å². The Kier molecular flexibility index (Phi) is 4.16. The minimum Gasteiger partial charge on any atom is -0.402 e. The van der Waals surface area contributed by atoms with E-state index in [0.29, 0.717) is 13.0 Å². The summed E-state index contributed by atoms with van der Waals surface area (Å²) in [5.41, 5.74) is 6.45. The first-order valence-corrected chi connectivity index (χ1v) is 8.69. The van der Waals surface area contributed by atoms with Crippen molar-refractivity contribution in [3.63, 3.8) is 0 Å². The molecule has 2 aromatic carbocycles. The van der Waals surface area contributed by atoms with E-state index in [2.05, 4.69) is 4.99 Å². The molecule has 1 amide bonds. The molecule has 2 aliphatic heterocycles. The Morgan fingerprint density at radius 1 is 1.19 bits per heavy atom. The van der Waals surface area contributed by atoms with Crippen LogP contribution in [0.15, 0.2) is 59.4 Å². The van der Waals surface area contributed by atoms with Crippen LogP contribution in [0.4, 0.5) is 0 Å². The lowest BCUT2D eigenvalue weighted by Crippen LogP contribution is -2.45. The average Bonchev–Trinajstić information content (AvgIpc) is 3.02. The SMILES string of the molecule is NC(=O)C1CCCCN1C=C1N=C(c2cccc3ccccc23)OC1=O. The molecule has 1 fully saturated rings. The van der Waals surface area contributed by atoms with Crippen LogP contribution >= 0.6 is 0 Å². The number of hydrogen-bond donors (Lipinski definition) is 1. The lowest BCUT2D eigenvalue weighted by atomic mass is 10.0. The maximum Gasteiger partial charge on any atom is 0.365 e. The van der Waals surface area contributed by atoms with Gasteiger partial charge in [-0.2, -0.15) is 0 Å². The summed E-state index contributed by atoms with van der Waals surface area (Å²) in [4.78, 5) is 30.1. The lowest BCUT2D eigenvalue weighted by Gasteiger charge is -2.32. The van der Waals surface area contributed by atoms with Gasteiger partial charge >= 0.3 is 5.97 Å². The highest BCUT2D eigenvalue weighted by Gasteiger charge is 2.30. The van der Waals surface area contributed by atoms with Crippen LogP contribution in [0.1, 0.15) is 24.8 Å². The first-order valence-electron chi connectivity index (χ1n) is 8.69. The highest BCUT2D eigenvalue weighted by molar-refractivity contribution is 6.16. The van der Waals surface area contributed by atoms with Gasteiger partial charge in [-0.15, -0.1) is 0 Å². The number of likely N-dealkylation sites (tertiary alicyclic amines) is 1. The molecule has 4 rings (SSSR count). The Morgan fingerprint density at radius 2 is 2.00 bits per heavy atom. The van der Waals surface area contributed by atoms with Gasteiger partial charge in [0.25, 0.3) is 0 Å². The van der Waals surface area contributed by atoms with Gasteiger partial charge in [0.1, 0.15) is 6.04 Å². The molecule has 0 saturated carbocycles. The van der Waals surface area contributed by atoms with Crippen molar-refractivity contribution in [2.24, 2.45) is 10.7 Å². The molecule has 1 saturated heterocycles. The van der Waals surface area contributed by atoms with Crippen LogP contribution in [-0.4, -0.2) is 35.3 Å². The van der Waals surface area contributed by atoms with Gasteiger partial charge in [-0.25, -0.2) is 9.79 Å². The molecule has 0 radical (unpaired) electrons. The molecule has 0 aliphatic carbocycles. The molecule has 2 heterocycles. The number of fused-ring (bicyclic) bond motifs is 1. The molecular formula is C20H19N3O3. The molecule has 26 heavy (non-hydrogen) atoms.